The molecule has 2 atom stereocenters. The molecule has 0 bridgehead atoms. The Morgan fingerprint density at radius 1 is 1.13 bits per heavy atom. The Morgan fingerprint density at radius 3 is 2.42 bits per heavy atom. The van der Waals surface area contributed by atoms with Crippen LogP contribution in [-0.4, -0.2) is 36.1 Å². The van der Waals surface area contributed by atoms with Gasteiger partial charge in [-0.15, -0.1) is 0 Å². The van der Waals surface area contributed by atoms with Crippen molar-refractivity contribution >= 4 is 45.0 Å². The first-order chi connectivity index (χ1) is 18.1. The molecule has 3 aromatic rings. The zero-order valence-electron chi connectivity index (χ0n) is 21.0. The number of aliphatic hydroxyl groups is 1. The predicted octanol–water partition coefficient (Wildman–Crippen LogP) is 6.61. The highest BCUT2D eigenvalue weighted by Crippen LogP contribution is 2.49. The van der Waals surface area contributed by atoms with E-state index in [1.807, 2.05) is 6.07 Å². The van der Waals surface area contributed by atoms with Crippen LogP contribution >= 0.6 is 39.1 Å². The highest BCUT2D eigenvalue weighted by atomic mass is 79.9. The predicted molar refractivity (Wildman–Crippen MR) is 150 cm³/mol. The summed E-state index contributed by atoms with van der Waals surface area (Å²) in [6, 6.07) is 15.1. The number of hydrogen-bond acceptors (Lipinski definition) is 4. The van der Waals surface area contributed by atoms with Gasteiger partial charge in [0.2, 0.25) is 0 Å². The van der Waals surface area contributed by atoms with Gasteiger partial charge in [-0.1, -0.05) is 57.3 Å². The Bertz CT molecular complexity index is 1380. The maximum absolute atomic E-state index is 16.3. The van der Waals surface area contributed by atoms with Crippen LogP contribution in [0.2, 0.25) is 10.0 Å². The molecule has 0 saturated carbocycles. The van der Waals surface area contributed by atoms with Gasteiger partial charge in [0.05, 0.1) is 23.3 Å². The average Bonchev–Trinajstić information content (AvgIpc) is 3.15. The molecule has 2 aliphatic heterocycles. The Kier molecular flexibility index (Phi) is 7.63. The van der Waals surface area contributed by atoms with Gasteiger partial charge in [0, 0.05) is 27.2 Å². The van der Waals surface area contributed by atoms with Crippen LogP contribution in [0.15, 0.2) is 59.1 Å². The number of piperidine rings is 1. The molecule has 200 valence electrons. The van der Waals surface area contributed by atoms with Gasteiger partial charge in [-0.2, -0.15) is 0 Å². The van der Waals surface area contributed by atoms with Crippen LogP contribution in [-0.2, 0) is 22.6 Å². The van der Waals surface area contributed by atoms with Crippen molar-refractivity contribution in [1.82, 2.24) is 10.2 Å². The highest BCUT2D eigenvalue weighted by Gasteiger charge is 2.54. The van der Waals surface area contributed by atoms with Crippen molar-refractivity contribution < 1.29 is 19.0 Å². The summed E-state index contributed by atoms with van der Waals surface area (Å²) in [5, 5.41) is 15.9. The molecule has 1 amide bonds. The van der Waals surface area contributed by atoms with Gasteiger partial charge in [0.1, 0.15) is 5.82 Å². The van der Waals surface area contributed by atoms with E-state index in [0.717, 1.165) is 31.5 Å². The van der Waals surface area contributed by atoms with Gasteiger partial charge in [0.15, 0.2) is 5.72 Å². The molecular weight excluding hydrogens is 594 g/mol. The fraction of sp³-hybridized carbons (Fsp3) is 0.345. The second-order valence-electron chi connectivity index (χ2n) is 10.0. The molecular formula is C29H28BrCl2FN2O3. The van der Waals surface area contributed by atoms with Gasteiger partial charge in [-0.05, 0) is 86.3 Å². The third-order valence-corrected chi connectivity index (χ3v) is 9.10. The maximum atomic E-state index is 16.3. The molecule has 2 heterocycles. The number of fused-ring (bicyclic) bond motifs is 1. The lowest BCUT2D eigenvalue weighted by molar-refractivity contribution is -0.0883. The van der Waals surface area contributed by atoms with Crippen molar-refractivity contribution in [2.45, 2.75) is 37.6 Å². The Labute approximate surface area is 240 Å². The van der Waals surface area contributed by atoms with Crippen LogP contribution < -0.4 is 5.32 Å². The maximum Gasteiger partial charge on any atom is 0.257 e. The number of amides is 1. The molecule has 0 aliphatic carbocycles. The first-order valence-corrected chi connectivity index (χ1v) is 14.0. The monoisotopic (exact) mass is 620 g/mol. The van der Waals surface area contributed by atoms with Gasteiger partial charge in [-0.25, -0.2) is 4.39 Å². The third-order valence-electron chi connectivity index (χ3n) is 7.88. The summed E-state index contributed by atoms with van der Waals surface area (Å²) in [6.07, 6.45) is 1.51. The number of carbonyl (C=O) groups is 1. The van der Waals surface area contributed by atoms with E-state index in [-0.39, 0.29) is 23.6 Å². The first kappa shape index (κ1) is 27.6. The fourth-order valence-electron chi connectivity index (χ4n) is 5.76. The molecule has 38 heavy (non-hydrogen) atoms. The summed E-state index contributed by atoms with van der Waals surface area (Å²) in [4.78, 5) is 15.6. The van der Waals surface area contributed by atoms with E-state index in [0.29, 0.717) is 25.6 Å². The standard InChI is InChI=1S/C29H28BrCl2FN2O3/c1-28(37,18-9-11-34-12-10-18)20-13-23-26(25(33)14-20)29(38-2,19-4-7-21(31)8-5-19)35(27(23)36)16-17-3-6-22(32)15-24(17)30/h3-8,13-15,18,34,37H,9-12,16H2,1-2H3. The molecule has 0 spiro atoms. The first-order valence-electron chi connectivity index (χ1n) is 12.4. The largest absolute Gasteiger partial charge is 0.385 e. The zero-order chi connectivity index (χ0) is 27.2. The average molecular weight is 622 g/mol. The molecule has 2 unspecified atom stereocenters. The van der Waals surface area contributed by atoms with Crippen molar-refractivity contribution in [3.63, 3.8) is 0 Å². The van der Waals surface area contributed by atoms with Crippen LogP contribution in [0.4, 0.5) is 4.39 Å². The van der Waals surface area contributed by atoms with Crippen molar-refractivity contribution in [2.24, 2.45) is 5.92 Å². The summed E-state index contributed by atoms with van der Waals surface area (Å²) in [6.45, 7) is 3.37. The van der Waals surface area contributed by atoms with Crippen molar-refractivity contribution in [3.05, 3.63) is 103 Å². The Morgan fingerprint density at radius 2 is 1.79 bits per heavy atom. The second kappa shape index (κ2) is 10.5. The lowest BCUT2D eigenvalue weighted by Gasteiger charge is -2.39. The fourth-order valence-corrected chi connectivity index (χ4v) is 6.70. The molecule has 2 aliphatic rings. The van der Waals surface area contributed by atoms with Gasteiger partial charge in [-0.3, -0.25) is 9.69 Å². The highest BCUT2D eigenvalue weighted by molar-refractivity contribution is 9.10. The molecule has 0 aromatic heterocycles. The molecule has 2 N–H and O–H groups in total. The van der Waals surface area contributed by atoms with Gasteiger partial charge >= 0.3 is 0 Å². The number of methoxy groups -OCH3 is 1. The summed E-state index contributed by atoms with van der Waals surface area (Å²) >= 11 is 15.9. The van der Waals surface area contributed by atoms with Crippen LogP contribution in [0.3, 0.4) is 0 Å². The van der Waals surface area contributed by atoms with Crippen molar-refractivity contribution in [3.8, 4) is 0 Å². The van der Waals surface area contributed by atoms with Gasteiger partial charge in [0.25, 0.3) is 5.91 Å². The SMILES string of the molecule is COC1(c2ccc(Cl)cc2)c2c(F)cc(C(C)(O)C3CCNCC3)cc2C(=O)N1Cc1ccc(Cl)cc1Br. The van der Waals surface area contributed by atoms with Crippen molar-refractivity contribution in [2.75, 3.05) is 20.2 Å². The number of nitrogens with one attached hydrogen (secondary N) is 1. The van der Waals surface area contributed by atoms with E-state index in [9.17, 15) is 9.90 Å². The molecule has 0 radical (unpaired) electrons. The summed E-state index contributed by atoms with van der Waals surface area (Å²) in [5.74, 6) is -1.09. The lowest BCUT2D eigenvalue weighted by Crippen LogP contribution is -2.46. The van der Waals surface area contributed by atoms with Crippen LogP contribution in [0.5, 0.6) is 0 Å². The Balaban J connectivity index is 1.69. The summed E-state index contributed by atoms with van der Waals surface area (Å²) in [7, 11) is 1.46. The minimum Gasteiger partial charge on any atom is -0.385 e. The molecule has 9 heteroatoms. The molecule has 3 aromatic carbocycles. The number of halogens is 4. The topological polar surface area (TPSA) is 61.8 Å². The van der Waals surface area contributed by atoms with E-state index >= 15 is 4.39 Å². The second-order valence-corrected chi connectivity index (χ2v) is 11.8. The number of rotatable bonds is 6. The number of benzene rings is 3. The number of ether oxygens (including phenoxy) is 1. The van der Waals surface area contributed by atoms with Crippen molar-refractivity contribution in [1.29, 1.82) is 0 Å². The van der Waals surface area contributed by atoms with Gasteiger partial charge < -0.3 is 15.2 Å². The minimum atomic E-state index is -1.56. The molecule has 1 fully saturated rings. The number of carbonyl (C=O) groups excluding carboxylic acids is 1. The lowest BCUT2D eigenvalue weighted by atomic mass is 9.76. The number of nitrogens with zero attached hydrogens (tertiary/aromatic N) is 1. The van der Waals surface area contributed by atoms with Crippen LogP contribution in [0.1, 0.15) is 52.4 Å². The van der Waals surface area contributed by atoms with Crippen LogP contribution in [0.25, 0.3) is 0 Å². The van der Waals surface area contributed by atoms with E-state index in [1.54, 1.807) is 49.4 Å². The third kappa shape index (κ3) is 4.57. The minimum absolute atomic E-state index is 0.0673. The van der Waals surface area contributed by atoms with Crippen LogP contribution in [0, 0.1) is 11.7 Å². The van der Waals surface area contributed by atoms with E-state index in [4.69, 9.17) is 27.9 Å². The zero-order valence-corrected chi connectivity index (χ0v) is 24.1. The quantitative estimate of drug-likeness (QED) is 0.325. The summed E-state index contributed by atoms with van der Waals surface area (Å²) in [5.41, 5.74) is -0.880. The number of hydrogen-bond donors (Lipinski definition) is 2. The molecule has 1 saturated heterocycles. The van der Waals surface area contributed by atoms with E-state index < -0.39 is 23.1 Å². The van der Waals surface area contributed by atoms with E-state index in [1.165, 1.54) is 18.1 Å². The normalized spacial score (nSPS) is 21.4. The van der Waals surface area contributed by atoms with E-state index in [2.05, 4.69) is 21.2 Å². The Hall–Kier alpha value is -2.00. The summed E-state index contributed by atoms with van der Waals surface area (Å²) < 4.78 is 23.1. The molecule has 5 nitrogen and oxygen atoms in total. The smallest absolute Gasteiger partial charge is 0.257 e. The molecule has 5 rings (SSSR count).